The van der Waals surface area contributed by atoms with Gasteiger partial charge in [-0.15, -0.1) is 0 Å². The van der Waals surface area contributed by atoms with Gasteiger partial charge in [0.25, 0.3) is 5.91 Å². The predicted octanol–water partition coefficient (Wildman–Crippen LogP) is 3.20. The molecule has 5 nitrogen and oxygen atoms in total. The van der Waals surface area contributed by atoms with Crippen LogP contribution in [0.4, 0.5) is 5.69 Å². The number of carbonyl (C=O) groups excluding carboxylic acids is 1. The number of nitriles is 1. The van der Waals surface area contributed by atoms with Crippen LogP contribution in [0.15, 0.2) is 36.4 Å². The Hall–Kier alpha value is -2.84. The lowest BCUT2D eigenvalue weighted by Crippen LogP contribution is -2.17. The Kier molecular flexibility index (Phi) is 5.01. The molecule has 0 bridgehead atoms. The molecule has 1 aliphatic rings. The zero-order valence-electron chi connectivity index (χ0n) is 14.5. The van der Waals surface area contributed by atoms with E-state index in [0.717, 1.165) is 31.6 Å². The van der Waals surface area contributed by atoms with Crippen LogP contribution >= 0.6 is 0 Å². The first kappa shape index (κ1) is 17.0. The number of carbonyl (C=O) groups is 1. The molecule has 25 heavy (non-hydrogen) atoms. The molecule has 5 heteroatoms. The molecule has 128 valence electrons. The zero-order chi connectivity index (χ0) is 17.8. The molecule has 0 spiro atoms. The van der Waals surface area contributed by atoms with Crippen molar-refractivity contribution in [2.75, 3.05) is 26.0 Å². The number of hydrogen-bond acceptors (Lipinski definition) is 4. The van der Waals surface area contributed by atoms with Crippen LogP contribution in [-0.4, -0.2) is 31.5 Å². The van der Waals surface area contributed by atoms with E-state index in [-0.39, 0.29) is 5.91 Å². The third-order valence-electron chi connectivity index (χ3n) is 4.47. The quantitative estimate of drug-likeness (QED) is 0.935. The Morgan fingerprint density at radius 3 is 2.84 bits per heavy atom. The number of nitrogens with zero attached hydrogens (tertiary/aromatic N) is 2. The van der Waals surface area contributed by atoms with E-state index in [4.69, 9.17) is 10.00 Å². The van der Waals surface area contributed by atoms with E-state index in [9.17, 15) is 4.79 Å². The maximum atomic E-state index is 12.5. The number of hydrogen-bond donors (Lipinski definition) is 1. The molecule has 1 heterocycles. The number of methoxy groups -OCH3 is 1. The molecule has 0 aliphatic carbocycles. The van der Waals surface area contributed by atoms with E-state index in [0.29, 0.717) is 16.9 Å². The van der Waals surface area contributed by atoms with Gasteiger partial charge in [0, 0.05) is 17.8 Å². The minimum absolute atomic E-state index is 0.235. The fourth-order valence-corrected chi connectivity index (χ4v) is 3.14. The van der Waals surface area contributed by atoms with Crippen molar-refractivity contribution in [3.63, 3.8) is 0 Å². The van der Waals surface area contributed by atoms with E-state index >= 15 is 0 Å². The van der Waals surface area contributed by atoms with E-state index < -0.39 is 0 Å². The van der Waals surface area contributed by atoms with Crippen molar-refractivity contribution in [1.29, 1.82) is 5.26 Å². The van der Waals surface area contributed by atoms with Gasteiger partial charge in [-0.25, -0.2) is 0 Å². The second kappa shape index (κ2) is 7.37. The molecule has 0 atom stereocenters. The van der Waals surface area contributed by atoms with Gasteiger partial charge in [-0.1, -0.05) is 6.07 Å². The van der Waals surface area contributed by atoms with Crippen molar-refractivity contribution >= 4 is 11.6 Å². The normalized spacial score (nSPS) is 14.1. The fourth-order valence-electron chi connectivity index (χ4n) is 3.14. The average Bonchev–Trinajstić information content (AvgIpc) is 2.81. The van der Waals surface area contributed by atoms with Crippen molar-refractivity contribution in [2.24, 2.45) is 0 Å². The van der Waals surface area contributed by atoms with Gasteiger partial charge >= 0.3 is 0 Å². The van der Waals surface area contributed by atoms with Crippen molar-refractivity contribution in [3.05, 3.63) is 58.7 Å². The highest BCUT2D eigenvalue weighted by atomic mass is 16.5. The minimum atomic E-state index is -0.235. The van der Waals surface area contributed by atoms with E-state index in [1.165, 1.54) is 18.2 Å². The smallest absolute Gasteiger partial charge is 0.255 e. The third kappa shape index (κ3) is 3.81. The molecule has 0 aromatic heterocycles. The van der Waals surface area contributed by atoms with E-state index in [1.807, 2.05) is 18.2 Å². The van der Waals surface area contributed by atoms with Crippen LogP contribution in [-0.2, 0) is 13.0 Å². The summed E-state index contributed by atoms with van der Waals surface area (Å²) in [6, 6.07) is 13.0. The van der Waals surface area contributed by atoms with Crippen LogP contribution in [0.25, 0.3) is 0 Å². The first-order valence-corrected chi connectivity index (χ1v) is 8.30. The summed E-state index contributed by atoms with van der Waals surface area (Å²) in [5.74, 6) is 0.230. The highest BCUT2D eigenvalue weighted by Gasteiger charge is 2.14. The summed E-state index contributed by atoms with van der Waals surface area (Å²) in [5.41, 5.74) is 4.15. The van der Waals surface area contributed by atoms with Crippen molar-refractivity contribution in [2.45, 2.75) is 19.4 Å². The molecule has 0 saturated heterocycles. The Morgan fingerprint density at radius 1 is 1.24 bits per heavy atom. The lowest BCUT2D eigenvalue weighted by molar-refractivity contribution is 0.102. The number of fused-ring (bicyclic) bond motifs is 1. The second-order valence-electron chi connectivity index (χ2n) is 6.31. The number of aryl methyl sites for hydroxylation is 1. The molecule has 3 rings (SSSR count). The summed E-state index contributed by atoms with van der Waals surface area (Å²) < 4.78 is 5.11. The first-order chi connectivity index (χ1) is 12.1. The molecule has 1 aliphatic heterocycles. The Labute approximate surface area is 147 Å². The van der Waals surface area contributed by atoms with Gasteiger partial charge in [0.2, 0.25) is 0 Å². The van der Waals surface area contributed by atoms with Crippen molar-refractivity contribution in [1.82, 2.24) is 4.90 Å². The Balaban J connectivity index is 1.81. The highest BCUT2D eigenvalue weighted by Crippen LogP contribution is 2.23. The standard InChI is InChI=1S/C20H21N3O2/c1-23-9-3-4-14-5-7-18(11-17(14)13-23)22-20(24)15-6-8-19(25-2)16(10-15)12-21/h5-8,10-11H,3-4,9,13H2,1-2H3,(H,22,24). The van der Waals surface area contributed by atoms with Crippen LogP contribution in [0.5, 0.6) is 5.75 Å². The second-order valence-corrected chi connectivity index (χ2v) is 6.31. The Bertz CT molecular complexity index is 839. The molecular weight excluding hydrogens is 314 g/mol. The molecule has 2 aromatic rings. The number of rotatable bonds is 3. The highest BCUT2D eigenvalue weighted by molar-refractivity contribution is 6.04. The molecule has 2 aromatic carbocycles. The lowest BCUT2D eigenvalue weighted by Gasteiger charge is -2.15. The van der Waals surface area contributed by atoms with Gasteiger partial charge in [-0.2, -0.15) is 5.26 Å². The monoisotopic (exact) mass is 335 g/mol. The maximum Gasteiger partial charge on any atom is 0.255 e. The molecule has 0 fully saturated rings. The number of nitrogens with one attached hydrogen (secondary N) is 1. The van der Waals surface area contributed by atoms with Crippen molar-refractivity contribution in [3.8, 4) is 11.8 Å². The fraction of sp³-hybridized carbons (Fsp3) is 0.300. The van der Waals surface area contributed by atoms with Gasteiger partial charge in [0.15, 0.2) is 0 Å². The maximum absolute atomic E-state index is 12.5. The number of ether oxygens (including phenoxy) is 1. The lowest BCUT2D eigenvalue weighted by atomic mass is 10.0. The Morgan fingerprint density at radius 2 is 2.08 bits per heavy atom. The largest absolute Gasteiger partial charge is 0.495 e. The van der Waals surface area contributed by atoms with Crippen LogP contribution in [0.2, 0.25) is 0 Å². The first-order valence-electron chi connectivity index (χ1n) is 8.30. The van der Waals surface area contributed by atoms with Gasteiger partial charge in [-0.05, 0) is 67.9 Å². The molecule has 0 saturated carbocycles. The molecule has 1 amide bonds. The average molecular weight is 335 g/mol. The van der Waals surface area contributed by atoms with Crippen LogP contribution in [0.3, 0.4) is 0 Å². The summed E-state index contributed by atoms with van der Waals surface area (Å²) in [6.07, 6.45) is 2.22. The molecule has 0 unspecified atom stereocenters. The van der Waals surface area contributed by atoms with Crippen LogP contribution < -0.4 is 10.1 Å². The minimum Gasteiger partial charge on any atom is -0.495 e. The van der Waals surface area contributed by atoms with Crippen LogP contribution in [0.1, 0.15) is 33.5 Å². The van der Waals surface area contributed by atoms with Gasteiger partial charge < -0.3 is 15.0 Å². The molecule has 1 N–H and O–H groups in total. The number of amides is 1. The van der Waals surface area contributed by atoms with Crippen LogP contribution in [0, 0.1) is 11.3 Å². The van der Waals surface area contributed by atoms with E-state index in [2.05, 4.69) is 23.3 Å². The summed E-state index contributed by atoms with van der Waals surface area (Å²) in [5, 5.41) is 12.1. The predicted molar refractivity (Wildman–Crippen MR) is 96.8 cm³/mol. The summed E-state index contributed by atoms with van der Waals surface area (Å²) in [6.45, 7) is 1.97. The summed E-state index contributed by atoms with van der Waals surface area (Å²) in [4.78, 5) is 14.8. The molecular formula is C20H21N3O2. The summed E-state index contributed by atoms with van der Waals surface area (Å²) >= 11 is 0. The van der Waals surface area contributed by atoms with Gasteiger partial charge in [-0.3, -0.25) is 4.79 Å². The topological polar surface area (TPSA) is 65.4 Å². The summed E-state index contributed by atoms with van der Waals surface area (Å²) in [7, 11) is 3.61. The number of anilines is 1. The van der Waals surface area contributed by atoms with Gasteiger partial charge in [0.1, 0.15) is 11.8 Å². The van der Waals surface area contributed by atoms with Gasteiger partial charge in [0.05, 0.1) is 12.7 Å². The third-order valence-corrected chi connectivity index (χ3v) is 4.47. The SMILES string of the molecule is COc1ccc(C(=O)Nc2ccc3c(c2)CN(C)CCC3)cc1C#N. The molecule has 0 radical (unpaired) electrons. The van der Waals surface area contributed by atoms with E-state index in [1.54, 1.807) is 18.2 Å². The zero-order valence-corrected chi connectivity index (χ0v) is 14.5. The number of benzene rings is 2. The van der Waals surface area contributed by atoms with Crippen molar-refractivity contribution < 1.29 is 9.53 Å².